The molecule has 2 atom stereocenters. The number of anilines is 2. The highest BCUT2D eigenvalue weighted by Crippen LogP contribution is 2.27. The number of rotatable bonds is 6. The van der Waals surface area contributed by atoms with Crippen molar-refractivity contribution in [3.8, 4) is 0 Å². The molecule has 3 N–H and O–H groups in total. The number of nitrogens with one attached hydrogen (secondary N) is 1. The summed E-state index contributed by atoms with van der Waals surface area (Å²) in [5.41, 5.74) is 6.98. The Hall–Kier alpha value is -2.69. The third kappa shape index (κ3) is 4.87. The van der Waals surface area contributed by atoms with Crippen LogP contribution < -0.4 is 10.6 Å². The van der Waals surface area contributed by atoms with Crippen molar-refractivity contribution in [2.45, 2.75) is 44.0 Å². The number of morpholine rings is 1. The Bertz CT molecular complexity index is 985. The molecule has 32 heavy (non-hydrogen) atoms. The number of hydrogen-bond acceptors (Lipinski definition) is 8. The van der Waals surface area contributed by atoms with Gasteiger partial charge in [-0.3, -0.25) is 9.88 Å². The molecule has 1 aromatic carbocycles. The Morgan fingerprint density at radius 2 is 1.97 bits per heavy atom. The van der Waals surface area contributed by atoms with Gasteiger partial charge in [-0.15, -0.1) is 15.3 Å². The minimum atomic E-state index is 0.0882. The molecule has 2 aliphatic heterocycles. The highest BCUT2D eigenvalue weighted by atomic mass is 35.5. The summed E-state index contributed by atoms with van der Waals surface area (Å²) < 4.78 is 8.12. The average molecular weight is 458 g/mol. The van der Waals surface area contributed by atoms with E-state index < -0.39 is 0 Å². The number of ether oxygens (including phenoxy) is 1. The zero-order valence-corrected chi connectivity index (χ0v) is 18.6. The van der Waals surface area contributed by atoms with Gasteiger partial charge in [-0.05, 0) is 37.0 Å². The summed E-state index contributed by atoms with van der Waals surface area (Å²) in [5, 5.41) is 16.8. The Morgan fingerprint density at radius 3 is 2.66 bits per heavy atom. The van der Waals surface area contributed by atoms with Crippen LogP contribution in [0.1, 0.15) is 18.4 Å². The van der Waals surface area contributed by atoms with Crippen LogP contribution in [0.3, 0.4) is 0 Å². The minimum Gasteiger partial charge on any atom is -0.373 e. The van der Waals surface area contributed by atoms with Crippen molar-refractivity contribution in [3.05, 3.63) is 47.2 Å². The maximum Gasteiger partial charge on any atom is 0.226 e. The predicted molar refractivity (Wildman–Crippen MR) is 121 cm³/mol. The van der Waals surface area contributed by atoms with E-state index in [2.05, 4.69) is 47.4 Å². The van der Waals surface area contributed by atoms with Crippen molar-refractivity contribution in [1.82, 2.24) is 35.1 Å². The van der Waals surface area contributed by atoms with Crippen molar-refractivity contribution in [1.29, 1.82) is 0 Å². The second-order valence-electron chi connectivity index (χ2n) is 8.51. The molecule has 11 heteroatoms. The maximum atomic E-state index is 6.27. The molecule has 2 aliphatic rings. The van der Waals surface area contributed by atoms with Gasteiger partial charge in [0, 0.05) is 42.9 Å². The summed E-state index contributed by atoms with van der Waals surface area (Å²) in [4.78, 5) is 7.91. The van der Waals surface area contributed by atoms with Crippen LogP contribution in [0.4, 0.5) is 11.9 Å². The van der Waals surface area contributed by atoms with Gasteiger partial charge in [-0.2, -0.15) is 0 Å². The molecule has 0 radical (unpaired) electrons. The number of H-pyrrole nitrogens is 1. The third-order valence-corrected chi connectivity index (χ3v) is 6.63. The molecule has 170 valence electrons. The average Bonchev–Trinajstić information content (AvgIpc) is 3.48. The summed E-state index contributed by atoms with van der Waals surface area (Å²) in [6.07, 6.45) is 6.71. The first kappa shape index (κ1) is 21.2. The van der Waals surface area contributed by atoms with Gasteiger partial charge in [0.05, 0.1) is 25.5 Å². The number of nitrogens with zero attached hydrogens (tertiary/aromatic N) is 7. The lowest BCUT2D eigenvalue weighted by Gasteiger charge is -2.46. The fourth-order valence-electron chi connectivity index (χ4n) is 4.76. The molecule has 0 saturated carbocycles. The van der Waals surface area contributed by atoms with E-state index in [-0.39, 0.29) is 6.10 Å². The van der Waals surface area contributed by atoms with Crippen LogP contribution in [0, 0.1) is 0 Å². The van der Waals surface area contributed by atoms with Crippen molar-refractivity contribution >= 4 is 23.5 Å². The zero-order chi connectivity index (χ0) is 21.9. The first-order valence-electron chi connectivity index (χ1n) is 11.0. The third-order valence-electron chi connectivity index (χ3n) is 6.38. The van der Waals surface area contributed by atoms with E-state index in [1.807, 2.05) is 23.0 Å². The van der Waals surface area contributed by atoms with E-state index in [0.717, 1.165) is 49.9 Å². The SMILES string of the molecule is Nc1nnc(N2CCC(N3C[C@H](Cn4ccnn4)OC[C@@H]3Cc3ccc(Cl)cc3)CC2)[nH]1. The molecule has 5 rings (SSSR count). The molecule has 0 aliphatic carbocycles. The number of benzene rings is 1. The Kier molecular flexibility index (Phi) is 6.24. The Balaban J connectivity index is 1.27. The van der Waals surface area contributed by atoms with Gasteiger partial charge in [-0.25, -0.2) is 4.68 Å². The Morgan fingerprint density at radius 1 is 1.16 bits per heavy atom. The van der Waals surface area contributed by atoms with Gasteiger partial charge in [0.2, 0.25) is 11.9 Å². The molecule has 0 amide bonds. The molecule has 2 fully saturated rings. The van der Waals surface area contributed by atoms with Crippen molar-refractivity contribution in [2.24, 2.45) is 0 Å². The molecule has 4 heterocycles. The summed E-state index contributed by atoms with van der Waals surface area (Å²) in [7, 11) is 0. The number of nitrogens with two attached hydrogens (primary N) is 1. The topological polar surface area (TPSA) is 114 Å². The van der Waals surface area contributed by atoms with E-state index in [1.165, 1.54) is 5.56 Å². The van der Waals surface area contributed by atoms with Crippen LogP contribution >= 0.6 is 11.6 Å². The zero-order valence-electron chi connectivity index (χ0n) is 17.8. The largest absolute Gasteiger partial charge is 0.373 e. The highest BCUT2D eigenvalue weighted by molar-refractivity contribution is 6.30. The number of nitrogen functional groups attached to an aromatic ring is 1. The lowest BCUT2D eigenvalue weighted by molar-refractivity contribution is -0.0884. The number of aromatic nitrogens is 6. The molecular weight excluding hydrogens is 430 g/mol. The summed E-state index contributed by atoms with van der Waals surface area (Å²) in [5.74, 6) is 1.11. The van der Waals surface area contributed by atoms with Gasteiger partial charge >= 0.3 is 0 Å². The molecular formula is C21H28ClN9O. The number of hydrogen-bond donors (Lipinski definition) is 2. The van der Waals surface area contributed by atoms with Gasteiger partial charge in [0.15, 0.2) is 0 Å². The molecule has 2 aromatic heterocycles. The van der Waals surface area contributed by atoms with E-state index in [9.17, 15) is 0 Å². The summed E-state index contributed by atoms with van der Waals surface area (Å²) in [6.45, 7) is 4.11. The van der Waals surface area contributed by atoms with Crippen LogP contribution in [0.2, 0.25) is 5.02 Å². The number of aromatic amines is 1. The second-order valence-corrected chi connectivity index (χ2v) is 8.95. The normalized spacial score (nSPS) is 23.0. The first-order chi connectivity index (χ1) is 15.6. The fourth-order valence-corrected chi connectivity index (χ4v) is 4.89. The van der Waals surface area contributed by atoms with E-state index in [4.69, 9.17) is 22.1 Å². The van der Waals surface area contributed by atoms with Crippen LogP contribution in [-0.2, 0) is 17.7 Å². The van der Waals surface area contributed by atoms with Crippen LogP contribution in [0.25, 0.3) is 0 Å². The minimum absolute atomic E-state index is 0.0882. The molecule has 0 spiro atoms. The van der Waals surface area contributed by atoms with E-state index >= 15 is 0 Å². The maximum absolute atomic E-state index is 6.27. The van der Waals surface area contributed by atoms with Crippen molar-refractivity contribution in [2.75, 3.05) is 36.9 Å². The lowest BCUT2D eigenvalue weighted by Crippen LogP contribution is -2.57. The first-order valence-corrected chi connectivity index (χ1v) is 11.4. The molecule has 10 nitrogen and oxygen atoms in total. The number of halogens is 1. The standard InChI is InChI=1S/C21H28ClN9O/c22-16-3-1-15(2-4-16)11-18-14-32-19(12-30-10-7-24-28-30)13-31(18)17-5-8-29(9-6-17)21-25-20(23)26-27-21/h1-4,7,10,17-19H,5-6,8-9,11-14H2,(H3,23,25,26,27)/t18-,19-/m0/s1. The van der Waals surface area contributed by atoms with Crippen LogP contribution in [0.15, 0.2) is 36.7 Å². The smallest absolute Gasteiger partial charge is 0.226 e. The van der Waals surface area contributed by atoms with Gasteiger partial charge in [0.1, 0.15) is 0 Å². The molecule has 2 saturated heterocycles. The summed E-state index contributed by atoms with van der Waals surface area (Å²) in [6, 6.07) is 8.93. The van der Waals surface area contributed by atoms with E-state index in [1.54, 1.807) is 6.20 Å². The van der Waals surface area contributed by atoms with Crippen molar-refractivity contribution in [3.63, 3.8) is 0 Å². The quantitative estimate of drug-likeness (QED) is 0.573. The predicted octanol–water partition coefficient (Wildman–Crippen LogP) is 1.61. The van der Waals surface area contributed by atoms with Crippen LogP contribution in [0.5, 0.6) is 0 Å². The fraction of sp³-hybridized carbons (Fsp3) is 0.524. The Labute approximate surface area is 191 Å². The summed E-state index contributed by atoms with van der Waals surface area (Å²) >= 11 is 6.08. The highest BCUT2D eigenvalue weighted by Gasteiger charge is 2.36. The van der Waals surface area contributed by atoms with Crippen LogP contribution in [-0.4, -0.2) is 79.5 Å². The molecule has 0 bridgehead atoms. The lowest BCUT2D eigenvalue weighted by atomic mass is 9.96. The molecule has 0 unspecified atom stereocenters. The van der Waals surface area contributed by atoms with E-state index in [0.29, 0.717) is 31.2 Å². The second kappa shape index (κ2) is 9.43. The van der Waals surface area contributed by atoms with Gasteiger partial charge < -0.3 is 15.4 Å². The van der Waals surface area contributed by atoms with Crippen molar-refractivity contribution < 1.29 is 4.74 Å². The monoisotopic (exact) mass is 457 g/mol. The number of piperidine rings is 1. The molecule has 3 aromatic rings. The van der Waals surface area contributed by atoms with Gasteiger partial charge in [-0.1, -0.05) is 28.9 Å². The van der Waals surface area contributed by atoms with Gasteiger partial charge in [0.25, 0.3) is 0 Å².